The van der Waals surface area contributed by atoms with Crippen molar-refractivity contribution in [1.82, 2.24) is 15.1 Å². The first-order valence-electron chi connectivity index (χ1n) is 10.7. The minimum atomic E-state index is -0.323. The summed E-state index contributed by atoms with van der Waals surface area (Å²) in [5.74, 6) is 2.03. The molecule has 1 N–H and O–H groups in total. The lowest BCUT2D eigenvalue weighted by Gasteiger charge is -2.59. The fourth-order valence-electron chi connectivity index (χ4n) is 6.64. The van der Waals surface area contributed by atoms with Crippen molar-refractivity contribution in [3.8, 4) is 5.69 Å². The number of aromatic nitrogens is 2. The number of benzene rings is 1. The number of carbonyl (C=O) groups excluding carboxylic acids is 1. The molecule has 4 aliphatic rings. The molecule has 6 heteroatoms. The molecule has 4 nitrogen and oxygen atoms in total. The van der Waals surface area contributed by atoms with E-state index in [-0.39, 0.29) is 28.3 Å². The first-order valence-corrected chi connectivity index (χ1v) is 11.0. The third kappa shape index (κ3) is 3.18. The molecular weight excluding hydrogens is 389 g/mol. The van der Waals surface area contributed by atoms with Crippen LogP contribution in [-0.2, 0) is 0 Å². The number of halogens is 2. The highest BCUT2D eigenvalue weighted by molar-refractivity contribution is 6.33. The first kappa shape index (κ1) is 19.1. The Hall–Kier alpha value is -1.88. The summed E-state index contributed by atoms with van der Waals surface area (Å²) in [5.41, 5.74) is 1.85. The summed E-state index contributed by atoms with van der Waals surface area (Å²) in [4.78, 5) is 13.2. The van der Waals surface area contributed by atoms with E-state index in [1.165, 1.54) is 55.3 Å². The second kappa shape index (κ2) is 6.83. The summed E-state index contributed by atoms with van der Waals surface area (Å²) < 4.78 is 14.7. The van der Waals surface area contributed by atoms with Gasteiger partial charge >= 0.3 is 0 Å². The standard InChI is InChI=1S/C23H27ClFN3O/c1-13-20(21(24)28(27-13)19-5-3-18(25)4-6-19)22(29)26-14(2)23-10-15-7-16(11-23)9-17(8-15)12-23/h3-6,14-17H,7-12H2,1-2H3,(H,26,29). The molecule has 29 heavy (non-hydrogen) atoms. The highest BCUT2D eigenvalue weighted by atomic mass is 35.5. The average molecular weight is 416 g/mol. The van der Waals surface area contributed by atoms with Gasteiger partial charge < -0.3 is 5.32 Å². The van der Waals surface area contributed by atoms with Crippen molar-refractivity contribution in [2.75, 3.05) is 0 Å². The summed E-state index contributed by atoms with van der Waals surface area (Å²) in [7, 11) is 0. The maximum absolute atomic E-state index is 13.2. The Balaban J connectivity index is 1.38. The number of rotatable bonds is 4. The maximum Gasteiger partial charge on any atom is 0.256 e. The van der Waals surface area contributed by atoms with E-state index < -0.39 is 0 Å². The lowest BCUT2D eigenvalue weighted by molar-refractivity contribution is -0.0688. The van der Waals surface area contributed by atoms with Crippen molar-refractivity contribution in [2.24, 2.45) is 23.2 Å². The Morgan fingerprint density at radius 1 is 1.17 bits per heavy atom. The minimum Gasteiger partial charge on any atom is -0.349 e. The molecule has 1 amide bonds. The Morgan fingerprint density at radius 2 is 1.72 bits per heavy atom. The van der Waals surface area contributed by atoms with E-state index in [1.807, 2.05) is 0 Å². The summed E-state index contributed by atoms with van der Waals surface area (Å²) in [6, 6.07) is 6.05. The number of amides is 1. The van der Waals surface area contributed by atoms with Gasteiger partial charge in [-0.1, -0.05) is 11.6 Å². The first-order chi connectivity index (χ1) is 13.8. The van der Waals surface area contributed by atoms with Gasteiger partial charge in [-0.2, -0.15) is 5.10 Å². The number of hydrogen-bond donors (Lipinski definition) is 1. The van der Waals surface area contributed by atoms with Crippen molar-refractivity contribution in [3.63, 3.8) is 0 Å². The zero-order valence-corrected chi connectivity index (χ0v) is 17.7. The van der Waals surface area contributed by atoms with Crippen LogP contribution in [0.4, 0.5) is 4.39 Å². The summed E-state index contributed by atoms with van der Waals surface area (Å²) in [5, 5.41) is 7.97. The predicted molar refractivity (Wildman–Crippen MR) is 111 cm³/mol. The van der Waals surface area contributed by atoms with Crippen LogP contribution in [0.5, 0.6) is 0 Å². The second-order valence-corrected chi connectivity index (χ2v) is 9.97. The van der Waals surface area contributed by atoms with Gasteiger partial charge in [0.05, 0.1) is 16.9 Å². The Morgan fingerprint density at radius 3 is 2.28 bits per heavy atom. The van der Waals surface area contributed by atoms with Gasteiger partial charge in [-0.05, 0) is 99.8 Å². The molecule has 0 aliphatic heterocycles. The summed E-state index contributed by atoms with van der Waals surface area (Å²) in [6.45, 7) is 3.95. The van der Waals surface area contributed by atoms with Gasteiger partial charge in [0, 0.05) is 6.04 Å². The monoisotopic (exact) mass is 415 g/mol. The molecule has 4 bridgehead atoms. The molecule has 4 saturated carbocycles. The number of aryl methyl sites for hydroxylation is 1. The molecule has 0 saturated heterocycles. The largest absolute Gasteiger partial charge is 0.349 e. The Kier molecular flexibility index (Phi) is 4.50. The Bertz CT molecular complexity index is 916. The second-order valence-electron chi connectivity index (χ2n) is 9.61. The highest BCUT2D eigenvalue weighted by Crippen LogP contribution is 2.61. The van der Waals surface area contributed by atoms with E-state index in [2.05, 4.69) is 17.3 Å². The lowest BCUT2D eigenvalue weighted by atomic mass is 9.48. The van der Waals surface area contributed by atoms with E-state index >= 15 is 0 Å². The molecular formula is C23H27ClFN3O. The van der Waals surface area contributed by atoms with Gasteiger partial charge in [0.15, 0.2) is 0 Å². The van der Waals surface area contributed by atoms with Crippen molar-refractivity contribution >= 4 is 17.5 Å². The quantitative estimate of drug-likeness (QED) is 0.735. The van der Waals surface area contributed by atoms with Crippen molar-refractivity contribution < 1.29 is 9.18 Å². The molecule has 1 unspecified atom stereocenters. The number of nitrogens with one attached hydrogen (secondary N) is 1. The molecule has 4 fully saturated rings. The van der Waals surface area contributed by atoms with Gasteiger partial charge in [0.25, 0.3) is 5.91 Å². The molecule has 0 radical (unpaired) electrons. The van der Waals surface area contributed by atoms with Crippen LogP contribution in [-0.4, -0.2) is 21.7 Å². The number of carbonyl (C=O) groups is 1. The molecule has 1 atom stereocenters. The molecule has 6 rings (SSSR count). The van der Waals surface area contributed by atoms with Crippen LogP contribution < -0.4 is 5.32 Å². The topological polar surface area (TPSA) is 46.9 Å². The third-order valence-corrected chi connectivity index (χ3v) is 8.00. The molecule has 1 aromatic heterocycles. The van der Waals surface area contributed by atoms with Gasteiger partial charge in [0.2, 0.25) is 0 Å². The SMILES string of the molecule is Cc1nn(-c2ccc(F)cc2)c(Cl)c1C(=O)NC(C)C12CC3CC(CC(C3)C1)C2. The van der Waals surface area contributed by atoms with Crippen molar-refractivity contribution in [1.29, 1.82) is 0 Å². The van der Waals surface area contributed by atoms with Crippen LogP contribution in [0.25, 0.3) is 5.69 Å². The summed E-state index contributed by atoms with van der Waals surface area (Å²) in [6.07, 6.45) is 7.87. The van der Waals surface area contributed by atoms with Crippen LogP contribution in [0.2, 0.25) is 5.15 Å². The van der Waals surface area contributed by atoms with Crippen molar-refractivity contribution in [3.05, 3.63) is 46.5 Å². The third-order valence-electron chi connectivity index (χ3n) is 7.65. The van der Waals surface area contributed by atoms with Crippen LogP contribution in [0.1, 0.15) is 61.5 Å². The average Bonchev–Trinajstić information content (AvgIpc) is 2.95. The zero-order valence-electron chi connectivity index (χ0n) is 16.9. The maximum atomic E-state index is 13.2. The van der Waals surface area contributed by atoms with E-state index in [4.69, 9.17) is 11.6 Å². The smallest absolute Gasteiger partial charge is 0.256 e. The normalized spacial score (nSPS) is 31.1. The van der Waals surface area contributed by atoms with Crippen LogP contribution >= 0.6 is 11.6 Å². The number of nitrogens with zero attached hydrogens (tertiary/aromatic N) is 2. The molecule has 154 valence electrons. The van der Waals surface area contributed by atoms with Gasteiger partial charge in [-0.3, -0.25) is 4.79 Å². The van der Waals surface area contributed by atoms with Gasteiger partial charge in [-0.15, -0.1) is 0 Å². The van der Waals surface area contributed by atoms with Crippen LogP contribution in [0.3, 0.4) is 0 Å². The fraction of sp³-hybridized carbons (Fsp3) is 0.565. The zero-order chi connectivity index (χ0) is 20.3. The van der Waals surface area contributed by atoms with E-state index in [0.29, 0.717) is 16.9 Å². The van der Waals surface area contributed by atoms with Gasteiger partial charge in [0.1, 0.15) is 11.0 Å². The molecule has 1 heterocycles. The number of hydrogen-bond acceptors (Lipinski definition) is 2. The van der Waals surface area contributed by atoms with E-state index in [0.717, 1.165) is 17.8 Å². The van der Waals surface area contributed by atoms with E-state index in [9.17, 15) is 9.18 Å². The minimum absolute atomic E-state index is 0.119. The van der Waals surface area contributed by atoms with Crippen LogP contribution in [0, 0.1) is 35.9 Å². The molecule has 2 aromatic rings. The van der Waals surface area contributed by atoms with Gasteiger partial charge in [-0.25, -0.2) is 9.07 Å². The molecule has 4 aliphatic carbocycles. The highest BCUT2D eigenvalue weighted by Gasteiger charge is 2.53. The Labute approximate surface area is 175 Å². The van der Waals surface area contributed by atoms with Crippen LogP contribution in [0.15, 0.2) is 24.3 Å². The molecule has 1 aromatic carbocycles. The molecule has 0 spiro atoms. The fourth-order valence-corrected chi connectivity index (χ4v) is 7.00. The lowest BCUT2D eigenvalue weighted by Crippen LogP contribution is -2.55. The summed E-state index contributed by atoms with van der Waals surface area (Å²) >= 11 is 6.55. The van der Waals surface area contributed by atoms with Crippen molar-refractivity contribution in [2.45, 2.75) is 58.4 Å². The van der Waals surface area contributed by atoms with E-state index in [1.54, 1.807) is 19.1 Å². The predicted octanol–water partition coefficient (Wildman–Crippen LogP) is 5.31.